The Balaban J connectivity index is 2.28. The van der Waals surface area contributed by atoms with Crippen molar-refractivity contribution in [2.24, 2.45) is 0 Å². The molecular formula is C18H38N2O4Si. The predicted octanol–water partition coefficient (Wildman–Crippen LogP) is 3.23. The van der Waals surface area contributed by atoms with Crippen LogP contribution in [0.1, 0.15) is 41.5 Å². The van der Waals surface area contributed by atoms with Crippen LogP contribution in [0.25, 0.3) is 0 Å². The molecule has 1 N–H and O–H groups in total. The molecule has 1 heterocycles. The van der Waals surface area contributed by atoms with Gasteiger partial charge >= 0.3 is 6.09 Å². The Kier molecular flexibility index (Phi) is 7.92. The van der Waals surface area contributed by atoms with Crippen LogP contribution in [0.2, 0.25) is 18.1 Å². The van der Waals surface area contributed by atoms with Crippen molar-refractivity contribution < 1.29 is 18.7 Å². The third-order valence-corrected chi connectivity index (χ3v) is 9.26. The Morgan fingerprint density at radius 3 is 2.36 bits per heavy atom. The van der Waals surface area contributed by atoms with Crippen LogP contribution in [0.3, 0.4) is 0 Å². The first-order valence-electron chi connectivity index (χ1n) is 9.25. The highest BCUT2D eigenvalue weighted by molar-refractivity contribution is 6.74. The lowest BCUT2D eigenvalue weighted by atomic mass is 10.2. The smallest absolute Gasteiger partial charge is 0.410 e. The zero-order valence-electron chi connectivity index (χ0n) is 17.4. The largest absolute Gasteiger partial charge is 0.444 e. The summed E-state index contributed by atoms with van der Waals surface area (Å²) in [6.45, 7) is 20.7. The third kappa shape index (κ3) is 8.07. The van der Waals surface area contributed by atoms with Crippen LogP contribution in [-0.2, 0) is 13.9 Å². The molecule has 25 heavy (non-hydrogen) atoms. The van der Waals surface area contributed by atoms with Crippen molar-refractivity contribution in [2.45, 2.75) is 71.3 Å². The van der Waals surface area contributed by atoms with Crippen LogP contribution < -0.4 is 5.32 Å². The first-order valence-corrected chi connectivity index (χ1v) is 12.2. The van der Waals surface area contributed by atoms with Crippen molar-refractivity contribution in [3.63, 3.8) is 0 Å². The van der Waals surface area contributed by atoms with E-state index in [9.17, 15) is 4.79 Å². The van der Waals surface area contributed by atoms with Crippen molar-refractivity contribution in [1.82, 2.24) is 10.2 Å². The van der Waals surface area contributed by atoms with Crippen molar-refractivity contribution in [3.05, 3.63) is 0 Å². The lowest BCUT2D eigenvalue weighted by molar-refractivity contribution is 0.0120. The summed E-state index contributed by atoms with van der Waals surface area (Å²) in [5, 5.41) is 3.61. The molecule has 0 aromatic heterocycles. The Labute approximate surface area is 154 Å². The molecule has 0 aromatic rings. The second-order valence-corrected chi connectivity index (χ2v) is 14.1. The molecular weight excluding hydrogens is 336 g/mol. The normalized spacial score (nSPS) is 19.8. The van der Waals surface area contributed by atoms with Gasteiger partial charge in [0.1, 0.15) is 5.60 Å². The first kappa shape index (κ1) is 22.4. The number of nitrogens with one attached hydrogen (secondary N) is 1. The summed E-state index contributed by atoms with van der Waals surface area (Å²) < 4.78 is 17.3. The molecule has 1 aliphatic rings. The van der Waals surface area contributed by atoms with E-state index in [2.05, 4.69) is 39.2 Å². The van der Waals surface area contributed by atoms with Crippen LogP contribution in [0.5, 0.6) is 0 Å². The molecule has 0 saturated carbocycles. The Hall–Kier alpha value is -0.633. The fourth-order valence-corrected chi connectivity index (χ4v) is 3.25. The van der Waals surface area contributed by atoms with Crippen LogP contribution >= 0.6 is 0 Å². The number of carbonyl (C=O) groups is 1. The molecule has 6 nitrogen and oxygen atoms in total. The molecule has 0 radical (unpaired) electrons. The highest BCUT2D eigenvalue weighted by atomic mass is 28.4. The highest BCUT2D eigenvalue weighted by Crippen LogP contribution is 2.36. The van der Waals surface area contributed by atoms with Crippen molar-refractivity contribution >= 4 is 14.4 Å². The molecule has 1 fully saturated rings. The number of hydrogen-bond donors (Lipinski definition) is 1. The zero-order chi connectivity index (χ0) is 19.3. The topological polar surface area (TPSA) is 60.0 Å². The number of piperazine rings is 1. The number of nitrogens with zero attached hydrogens (tertiary/aromatic N) is 1. The summed E-state index contributed by atoms with van der Waals surface area (Å²) in [6, 6.07) is 0.133. The molecule has 7 heteroatoms. The van der Waals surface area contributed by atoms with Crippen LogP contribution in [0, 0.1) is 0 Å². The Morgan fingerprint density at radius 2 is 1.80 bits per heavy atom. The average Bonchev–Trinajstić information content (AvgIpc) is 2.44. The van der Waals surface area contributed by atoms with E-state index in [4.69, 9.17) is 13.9 Å². The minimum absolute atomic E-state index is 0.133. The maximum Gasteiger partial charge on any atom is 0.410 e. The maximum absolute atomic E-state index is 12.2. The second-order valence-electron chi connectivity index (χ2n) is 9.26. The predicted molar refractivity (Wildman–Crippen MR) is 104 cm³/mol. The van der Waals surface area contributed by atoms with Gasteiger partial charge in [-0.05, 0) is 38.9 Å². The Bertz CT molecular complexity index is 430. The van der Waals surface area contributed by atoms with Gasteiger partial charge in [-0.2, -0.15) is 0 Å². The molecule has 148 valence electrons. The van der Waals surface area contributed by atoms with Gasteiger partial charge in [-0.15, -0.1) is 0 Å². The summed E-state index contributed by atoms with van der Waals surface area (Å²) in [6.07, 6.45) is -0.250. The molecule has 0 aliphatic carbocycles. The number of ether oxygens (including phenoxy) is 2. The maximum atomic E-state index is 12.2. The van der Waals surface area contributed by atoms with Gasteiger partial charge in [0.05, 0.1) is 19.8 Å². The van der Waals surface area contributed by atoms with Crippen molar-refractivity contribution in [3.8, 4) is 0 Å². The van der Waals surface area contributed by atoms with Gasteiger partial charge in [-0.1, -0.05) is 20.8 Å². The van der Waals surface area contributed by atoms with E-state index in [1.165, 1.54) is 0 Å². The van der Waals surface area contributed by atoms with Crippen molar-refractivity contribution in [1.29, 1.82) is 0 Å². The molecule has 0 spiro atoms. The molecule has 1 atom stereocenters. The third-order valence-electron chi connectivity index (χ3n) is 4.72. The Morgan fingerprint density at radius 1 is 1.16 bits per heavy atom. The fraction of sp³-hybridized carbons (Fsp3) is 0.944. The number of carbonyl (C=O) groups excluding carboxylic acids is 1. The van der Waals surface area contributed by atoms with E-state index >= 15 is 0 Å². The number of rotatable bonds is 6. The van der Waals surface area contributed by atoms with E-state index in [1.807, 2.05) is 20.8 Å². The summed E-state index contributed by atoms with van der Waals surface area (Å²) in [4.78, 5) is 13.9. The first-order chi connectivity index (χ1) is 11.3. The molecule has 0 aromatic carbocycles. The van der Waals surface area contributed by atoms with Crippen LogP contribution in [0.15, 0.2) is 0 Å². The molecule has 0 unspecified atom stereocenters. The van der Waals surface area contributed by atoms with Crippen LogP contribution in [0.4, 0.5) is 4.79 Å². The monoisotopic (exact) mass is 374 g/mol. The van der Waals surface area contributed by atoms with Gasteiger partial charge in [0.2, 0.25) is 0 Å². The van der Waals surface area contributed by atoms with E-state index in [1.54, 1.807) is 4.90 Å². The molecule has 1 amide bonds. The molecule has 1 aliphatic heterocycles. The minimum Gasteiger partial charge on any atom is -0.444 e. The van der Waals surface area contributed by atoms with Crippen molar-refractivity contribution in [2.75, 3.05) is 39.5 Å². The van der Waals surface area contributed by atoms with Gasteiger partial charge < -0.3 is 24.1 Å². The summed E-state index contributed by atoms with van der Waals surface area (Å²) in [5.41, 5.74) is -0.463. The van der Waals surface area contributed by atoms with Gasteiger partial charge in [-0.25, -0.2) is 4.79 Å². The highest BCUT2D eigenvalue weighted by Gasteiger charge is 2.36. The fourth-order valence-electron chi connectivity index (χ4n) is 2.23. The van der Waals surface area contributed by atoms with E-state index in [0.717, 1.165) is 6.54 Å². The van der Waals surface area contributed by atoms with Gasteiger partial charge in [0.25, 0.3) is 0 Å². The molecule has 1 saturated heterocycles. The SMILES string of the molecule is CC(C)(C)OC(=O)N1CCN[C@H](COCCO[Si](C)(C)C(C)(C)C)C1. The van der Waals surface area contributed by atoms with Gasteiger partial charge in [0.15, 0.2) is 8.32 Å². The second kappa shape index (κ2) is 8.84. The standard InChI is InChI=1S/C18H38N2O4Si/c1-17(2,3)24-16(21)20-10-9-19-15(13-20)14-22-11-12-23-25(7,8)18(4,5)6/h15,19H,9-14H2,1-8H3/t15-/m0/s1. The van der Waals surface area contributed by atoms with E-state index in [-0.39, 0.29) is 17.2 Å². The molecule has 0 bridgehead atoms. The lowest BCUT2D eigenvalue weighted by Gasteiger charge is -2.36. The summed E-state index contributed by atoms with van der Waals surface area (Å²) >= 11 is 0. The zero-order valence-corrected chi connectivity index (χ0v) is 18.4. The summed E-state index contributed by atoms with van der Waals surface area (Å²) in [5.74, 6) is 0. The van der Waals surface area contributed by atoms with Gasteiger partial charge in [-0.3, -0.25) is 0 Å². The average molecular weight is 375 g/mol. The lowest BCUT2D eigenvalue weighted by Crippen LogP contribution is -2.55. The number of hydrogen-bond acceptors (Lipinski definition) is 5. The van der Waals surface area contributed by atoms with Gasteiger partial charge in [0, 0.05) is 25.7 Å². The van der Waals surface area contributed by atoms with E-state index in [0.29, 0.717) is 32.9 Å². The minimum atomic E-state index is -1.71. The number of amides is 1. The molecule has 1 rings (SSSR count). The van der Waals surface area contributed by atoms with Crippen LogP contribution in [-0.4, -0.2) is 70.4 Å². The quantitative estimate of drug-likeness (QED) is 0.571. The summed E-state index contributed by atoms with van der Waals surface area (Å²) in [7, 11) is -1.71. The van der Waals surface area contributed by atoms with E-state index < -0.39 is 13.9 Å².